The molecule has 0 aromatic heterocycles. The highest BCUT2D eigenvalue weighted by molar-refractivity contribution is 5.94. The number of benzene rings is 1. The van der Waals surface area contributed by atoms with Gasteiger partial charge < -0.3 is 10.6 Å². The molecule has 0 saturated heterocycles. The second kappa shape index (κ2) is 6.44. The summed E-state index contributed by atoms with van der Waals surface area (Å²) in [6.07, 6.45) is 0.654. The highest BCUT2D eigenvalue weighted by Crippen LogP contribution is 2.16. The number of nitrogens with two attached hydrogens (primary N) is 1. The number of amides is 1. The first kappa shape index (κ1) is 14.6. The largest absolute Gasteiger partial charge is 0.339 e. The van der Waals surface area contributed by atoms with Crippen molar-refractivity contribution in [2.24, 2.45) is 5.73 Å². The van der Waals surface area contributed by atoms with Crippen molar-refractivity contribution >= 4 is 5.91 Å². The lowest BCUT2D eigenvalue weighted by molar-refractivity contribution is 0.0758. The molecule has 0 aliphatic heterocycles. The molecule has 0 bridgehead atoms. The predicted octanol–water partition coefficient (Wildman–Crippen LogP) is 2.08. The van der Waals surface area contributed by atoms with Crippen LogP contribution in [0.3, 0.4) is 0 Å². The van der Waals surface area contributed by atoms with E-state index >= 15 is 0 Å². The molecule has 1 amide bonds. The number of aryl methyl sites for hydroxylation is 1. The average Bonchev–Trinajstić information content (AvgIpc) is 2.34. The van der Waals surface area contributed by atoms with E-state index in [1.54, 1.807) is 0 Å². The number of hydrogen-bond donors (Lipinski definition) is 1. The summed E-state index contributed by atoms with van der Waals surface area (Å²) in [7, 11) is 0. The van der Waals surface area contributed by atoms with Crippen LogP contribution in [0.15, 0.2) is 12.1 Å². The molecular weight excluding hydrogens is 238 g/mol. The summed E-state index contributed by atoms with van der Waals surface area (Å²) in [5.74, 6) is -1.89. The van der Waals surface area contributed by atoms with E-state index in [4.69, 9.17) is 5.73 Å². The Morgan fingerprint density at radius 1 is 1.33 bits per heavy atom. The monoisotopic (exact) mass is 256 g/mol. The highest BCUT2D eigenvalue weighted by Gasteiger charge is 2.19. The van der Waals surface area contributed by atoms with Crippen molar-refractivity contribution in [1.29, 1.82) is 0 Å². The maximum atomic E-state index is 13.6. The summed E-state index contributed by atoms with van der Waals surface area (Å²) in [5.41, 5.74) is 5.55. The second-order valence-electron chi connectivity index (χ2n) is 4.11. The van der Waals surface area contributed by atoms with E-state index in [0.29, 0.717) is 26.1 Å². The van der Waals surface area contributed by atoms with Gasteiger partial charge >= 0.3 is 0 Å². The Kier molecular flexibility index (Phi) is 5.22. The van der Waals surface area contributed by atoms with Gasteiger partial charge in [0.25, 0.3) is 5.91 Å². The molecule has 0 saturated carbocycles. The predicted molar refractivity (Wildman–Crippen MR) is 66.3 cm³/mol. The molecule has 0 aliphatic carbocycles. The van der Waals surface area contributed by atoms with Crippen LogP contribution in [-0.4, -0.2) is 30.4 Å². The van der Waals surface area contributed by atoms with E-state index in [-0.39, 0.29) is 11.1 Å². The van der Waals surface area contributed by atoms with Crippen molar-refractivity contribution in [2.45, 2.75) is 20.3 Å². The van der Waals surface area contributed by atoms with Crippen LogP contribution in [0.25, 0.3) is 0 Å². The smallest absolute Gasteiger partial charge is 0.256 e. The number of nitrogens with zero attached hydrogens (tertiary/aromatic N) is 1. The summed E-state index contributed by atoms with van der Waals surface area (Å²) in [5, 5.41) is 0. The van der Waals surface area contributed by atoms with Gasteiger partial charge in [0.15, 0.2) is 0 Å². The van der Waals surface area contributed by atoms with Gasteiger partial charge in [-0.1, -0.05) is 0 Å². The molecular formula is C13H18F2N2O. The van der Waals surface area contributed by atoms with E-state index < -0.39 is 17.5 Å². The van der Waals surface area contributed by atoms with Crippen molar-refractivity contribution in [3.05, 3.63) is 34.9 Å². The molecule has 0 spiro atoms. The van der Waals surface area contributed by atoms with E-state index in [1.165, 1.54) is 17.9 Å². The van der Waals surface area contributed by atoms with Gasteiger partial charge in [-0.2, -0.15) is 0 Å². The summed E-state index contributed by atoms with van der Waals surface area (Å²) in [6, 6.07) is 2.00. The van der Waals surface area contributed by atoms with Gasteiger partial charge in [0.2, 0.25) is 0 Å². The number of rotatable bonds is 5. The first-order valence-corrected chi connectivity index (χ1v) is 5.96. The van der Waals surface area contributed by atoms with Crippen LogP contribution >= 0.6 is 0 Å². The van der Waals surface area contributed by atoms with Crippen LogP contribution in [0.5, 0.6) is 0 Å². The number of hydrogen-bond acceptors (Lipinski definition) is 2. The highest BCUT2D eigenvalue weighted by atomic mass is 19.1. The molecule has 0 fully saturated rings. The molecule has 18 heavy (non-hydrogen) atoms. The van der Waals surface area contributed by atoms with E-state index in [1.807, 2.05) is 6.92 Å². The lowest BCUT2D eigenvalue weighted by Gasteiger charge is -2.21. The lowest BCUT2D eigenvalue weighted by atomic mass is 10.1. The summed E-state index contributed by atoms with van der Waals surface area (Å²) in [4.78, 5) is 13.6. The minimum Gasteiger partial charge on any atom is -0.339 e. The minimum atomic E-state index is -0.825. The van der Waals surface area contributed by atoms with Crippen LogP contribution in [0.2, 0.25) is 0 Å². The molecule has 1 aromatic carbocycles. The van der Waals surface area contributed by atoms with Crippen LogP contribution < -0.4 is 5.73 Å². The number of carbonyl (C=O) groups is 1. The zero-order valence-electron chi connectivity index (χ0n) is 10.7. The fraction of sp³-hybridized carbons (Fsp3) is 0.462. The van der Waals surface area contributed by atoms with Gasteiger partial charge in [-0.15, -0.1) is 0 Å². The Bertz CT molecular complexity index is 435. The lowest BCUT2D eigenvalue weighted by Crippen LogP contribution is -2.33. The maximum absolute atomic E-state index is 13.6. The fourth-order valence-corrected chi connectivity index (χ4v) is 1.68. The summed E-state index contributed by atoms with van der Waals surface area (Å²) in [6.45, 7) is 4.72. The number of halogens is 2. The molecule has 3 nitrogen and oxygen atoms in total. The Hall–Kier alpha value is -1.49. The molecule has 2 N–H and O–H groups in total. The van der Waals surface area contributed by atoms with Crippen molar-refractivity contribution in [3.8, 4) is 0 Å². The standard InChI is InChI=1S/C13H18F2N2O/c1-3-17(6-4-5-16)13(18)10-7-9(2)11(14)8-12(10)15/h7-8H,3-6,16H2,1-2H3. The van der Waals surface area contributed by atoms with E-state index in [0.717, 1.165) is 6.07 Å². The summed E-state index contributed by atoms with van der Waals surface area (Å²) >= 11 is 0. The molecule has 0 radical (unpaired) electrons. The third-order valence-electron chi connectivity index (χ3n) is 2.78. The van der Waals surface area contributed by atoms with Gasteiger partial charge in [-0.25, -0.2) is 8.78 Å². The van der Waals surface area contributed by atoms with Gasteiger partial charge in [-0.3, -0.25) is 4.79 Å². The van der Waals surface area contributed by atoms with E-state index in [9.17, 15) is 13.6 Å². The van der Waals surface area contributed by atoms with Gasteiger partial charge in [0, 0.05) is 19.2 Å². The third-order valence-corrected chi connectivity index (χ3v) is 2.78. The van der Waals surface area contributed by atoms with Crippen LogP contribution in [0.4, 0.5) is 8.78 Å². The first-order chi connectivity index (χ1) is 8.51. The minimum absolute atomic E-state index is 0.0900. The Labute approximate surface area is 106 Å². The normalized spacial score (nSPS) is 10.5. The van der Waals surface area contributed by atoms with Gasteiger partial charge in [0.1, 0.15) is 11.6 Å². The molecule has 100 valence electrons. The molecule has 1 aromatic rings. The average molecular weight is 256 g/mol. The summed E-state index contributed by atoms with van der Waals surface area (Å²) < 4.78 is 26.7. The molecule has 0 atom stereocenters. The first-order valence-electron chi connectivity index (χ1n) is 5.96. The Morgan fingerprint density at radius 2 is 2.00 bits per heavy atom. The molecule has 5 heteroatoms. The molecule has 0 heterocycles. The van der Waals surface area contributed by atoms with Crippen molar-refractivity contribution in [1.82, 2.24) is 4.90 Å². The third kappa shape index (κ3) is 3.26. The van der Waals surface area contributed by atoms with Gasteiger partial charge in [-0.05, 0) is 38.4 Å². The second-order valence-corrected chi connectivity index (χ2v) is 4.11. The SMILES string of the molecule is CCN(CCCN)C(=O)c1cc(C)c(F)cc1F. The Balaban J connectivity index is 2.98. The van der Waals surface area contributed by atoms with Crippen molar-refractivity contribution in [2.75, 3.05) is 19.6 Å². The topological polar surface area (TPSA) is 46.3 Å². The van der Waals surface area contributed by atoms with E-state index in [2.05, 4.69) is 0 Å². The Morgan fingerprint density at radius 3 is 2.56 bits per heavy atom. The fourth-order valence-electron chi connectivity index (χ4n) is 1.68. The number of carbonyl (C=O) groups excluding carboxylic acids is 1. The zero-order valence-corrected chi connectivity index (χ0v) is 10.7. The zero-order chi connectivity index (χ0) is 13.7. The van der Waals surface area contributed by atoms with Crippen LogP contribution in [0, 0.1) is 18.6 Å². The van der Waals surface area contributed by atoms with Crippen molar-refractivity contribution in [3.63, 3.8) is 0 Å². The van der Waals surface area contributed by atoms with Crippen molar-refractivity contribution < 1.29 is 13.6 Å². The molecule has 0 unspecified atom stereocenters. The molecule has 0 aliphatic rings. The van der Waals surface area contributed by atoms with Gasteiger partial charge in [0.05, 0.1) is 5.56 Å². The quantitative estimate of drug-likeness (QED) is 0.876. The maximum Gasteiger partial charge on any atom is 0.256 e. The van der Waals surface area contributed by atoms with Crippen LogP contribution in [0.1, 0.15) is 29.3 Å². The molecule has 1 rings (SSSR count). The van der Waals surface area contributed by atoms with Crippen LogP contribution in [-0.2, 0) is 0 Å².